The second-order valence-electron chi connectivity index (χ2n) is 4.51. The standard InChI is InChI=1S/C14H11N3O4/c1-17-10-4-3-9(6-11(10)21-14(17)20)16-13(19)8-2-5-12(18)15-7-8/h2-7H,1H3,(H,15,18)(H,16,19). The van der Waals surface area contributed by atoms with E-state index >= 15 is 0 Å². The monoisotopic (exact) mass is 285 g/mol. The highest BCUT2D eigenvalue weighted by Crippen LogP contribution is 2.18. The van der Waals surface area contributed by atoms with Gasteiger partial charge in [-0.25, -0.2) is 4.79 Å². The predicted molar refractivity (Wildman–Crippen MR) is 76.5 cm³/mol. The number of nitrogens with zero attached hydrogens (tertiary/aromatic N) is 1. The van der Waals surface area contributed by atoms with Crippen LogP contribution in [0.3, 0.4) is 0 Å². The van der Waals surface area contributed by atoms with Gasteiger partial charge in [-0.1, -0.05) is 0 Å². The van der Waals surface area contributed by atoms with Gasteiger partial charge in [0.05, 0.1) is 11.1 Å². The second-order valence-corrected chi connectivity index (χ2v) is 4.51. The van der Waals surface area contributed by atoms with Gasteiger partial charge in [-0.15, -0.1) is 0 Å². The van der Waals surface area contributed by atoms with Crippen molar-refractivity contribution in [2.75, 3.05) is 5.32 Å². The SMILES string of the molecule is Cn1c(=O)oc2cc(NC(=O)c3ccc(=O)[nH]c3)ccc21. The average Bonchev–Trinajstić information content (AvgIpc) is 2.74. The van der Waals surface area contributed by atoms with Crippen LogP contribution in [-0.2, 0) is 7.05 Å². The van der Waals surface area contributed by atoms with Crippen molar-refractivity contribution in [1.82, 2.24) is 9.55 Å². The highest BCUT2D eigenvalue weighted by molar-refractivity contribution is 6.04. The van der Waals surface area contributed by atoms with Gasteiger partial charge in [0, 0.05) is 31.1 Å². The summed E-state index contributed by atoms with van der Waals surface area (Å²) in [6, 6.07) is 7.62. The third-order valence-electron chi connectivity index (χ3n) is 3.10. The quantitative estimate of drug-likeness (QED) is 0.736. The van der Waals surface area contributed by atoms with E-state index in [0.29, 0.717) is 22.4 Å². The van der Waals surface area contributed by atoms with E-state index in [0.717, 1.165) is 0 Å². The van der Waals surface area contributed by atoms with Crippen molar-refractivity contribution in [3.63, 3.8) is 0 Å². The Morgan fingerprint density at radius 3 is 2.76 bits per heavy atom. The van der Waals surface area contributed by atoms with Crippen LogP contribution in [0.5, 0.6) is 0 Å². The maximum atomic E-state index is 12.0. The number of fused-ring (bicyclic) bond motifs is 1. The van der Waals surface area contributed by atoms with E-state index in [9.17, 15) is 14.4 Å². The molecule has 0 atom stereocenters. The van der Waals surface area contributed by atoms with Gasteiger partial charge in [0.25, 0.3) is 5.91 Å². The Balaban J connectivity index is 1.91. The van der Waals surface area contributed by atoms with E-state index in [1.807, 2.05) is 0 Å². The molecular formula is C14H11N3O4. The van der Waals surface area contributed by atoms with Crippen molar-refractivity contribution in [3.8, 4) is 0 Å². The largest absolute Gasteiger partial charge is 0.419 e. The van der Waals surface area contributed by atoms with E-state index in [-0.39, 0.29) is 11.5 Å². The molecule has 0 radical (unpaired) electrons. The Labute approximate surface area is 117 Å². The first-order valence-electron chi connectivity index (χ1n) is 6.14. The molecule has 1 aromatic carbocycles. The highest BCUT2D eigenvalue weighted by atomic mass is 16.4. The number of oxazole rings is 1. The third kappa shape index (κ3) is 2.36. The van der Waals surface area contributed by atoms with Gasteiger partial charge in [-0.2, -0.15) is 0 Å². The van der Waals surface area contributed by atoms with Gasteiger partial charge < -0.3 is 14.7 Å². The van der Waals surface area contributed by atoms with E-state index in [1.54, 1.807) is 25.2 Å². The molecule has 2 aromatic heterocycles. The molecule has 0 bridgehead atoms. The van der Waals surface area contributed by atoms with Gasteiger partial charge in [0.1, 0.15) is 0 Å². The molecule has 0 saturated carbocycles. The topological polar surface area (TPSA) is 97.1 Å². The molecule has 1 amide bonds. The van der Waals surface area contributed by atoms with Crippen molar-refractivity contribution in [1.29, 1.82) is 0 Å². The lowest BCUT2D eigenvalue weighted by Crippen LogP contribution is -2.14. The summed E-state index contributed by atoms with van der Waals surface area (Å²) in [4.78, 5) is 36.8. The van der Waals surface area contributed by atoms with Crippen molar-refractivity contribution in [3.05, 3.63) is 63.0 Å². The molecule has 0 spiro atoms. The highest BCUT2D eigenvalue weighted by Gasteiger charge is 2.09. The first kappa shape index (κ1) is 12.9. The number of amides is 1. The number of benzene rings is 1. The van der Waals surface area contributed by atoms with E-state index < -0.39 is 5.76 Å². The Hall–Kier alpha value is -3.09. The molecule has 2 N–H and O–H groups in total. The molecule has 0 fully saturated rings. The summed E-state index contributed by atoms with van der Waals surface area (Å²) in [6.45, 7) is 0. The van der Waals surface area contributed by atoms with Crippen LogP contribution in [-0.4, -0.2) is 15.5 Å². The maximum Gasteiger partial charge on any atom is 0.419 e. The number of aryl methyl sites for hydroxylation is 1. The number of H-pyrrole nitrogens is 1. The lowest BCUT2D eigenvalue weighted by molar-refractivity contribution is 0.102. The normalized spacial score (nSPS) is 10.7. The van der Waals surface area contributed by atoms with Crippen LogP contribution in [0, 0.1) is 0 Å². The van der Waals surface area contributed by atoms with Crippen LogP contribution >= 0.6 is 0 Å². The average molecular weight is 285 g/mol. The summed E-state index contributed by atoms with van der Waals surface area (Å²) in [5.74, 6) is -0.835. The Kier molecular flexibility index (Phi) is 2.94. The van der Waals surface area contributed by atoms with E-state index in [2.05, 4.69) is 10.3 Å². The van der Waals surface area contributed by atoms with Gasteiger partial charge in [-0.05, 0) is 18.2 Å². The summed E-state index contributed by atoms with van der Waals surface area (Å²) < 4.78 is 6.43. The number of nitrogens with one attached hydrogen (secondary N) is 2. The molecule has 106 valence electrons. The minimum Gasteiger partial charge on any atom is -0.408 e. The summed E-state index contributed by atoms with van der Waals surface area (Å²) in [6.07, 6.45) is 1.33. The van der Waals surface area contributed by atoms with Gasteiger partial charge in [0.15, 0.2) is 5.58 Å². The molecule has 7 heteroatoms. The number of rotatable bonds is 2. The number of hydrogen-bond acceptors (Lipinski definition) is 4. The molecule has 21 heavy (non-hydrogen) atoms. The molecule has 0 saturated heterocycles. The van der Waals surface area contributed by atoms with Crippen LogP contribution in [0.15, 0.2) is 50.5 Å². The van der Waals surface area contributed by atoms with Crippen LogP contribution in [0.2, 0.25) is 0 Å². The minimum atomic E-state index is -0.464. The zero-order valence-corrected chi connectivity index (χ0v) is 11.0. The minimum absolute atomic E-state index is 0.279. The van der Waals surface area contributed by atoms with Gasteiger partial charge in [-0.3, -0.25) is 14.2 Å². The van der Waals surface area contributed by atoms with Crippen LogP contribution in [0.4, 0.5) is 5.69 Å². The van der Waals surface area contributed by atoms with Gasteiger partial charge >= 0.3 is 5.76 Å². The first-order valence-corrected chi connectivity index (χ1v) is 6.14. The molecule has 0 aliphatic rings. The summed E-state index contributed by atoms with van der Waals surface area (Å²) in [5, 5.41) is 2.67. The fourth-order valence-electron chi connectivity index (χ4n) is 1.97. The number of pyridine rings is 1. The molecule has 0 aliphatic carbocycles. The molecule has 3 rings (SSSR count). The van der Waals surface area contributed by atoms with Crippen LogP contribution in [0.25, 0.3) is 11.1 Å². The molecule has 0 unspecified atom stereocenters. The zero-order valence-electron chi connectivity index (χ0n) is 11.0. The number of aromatic amines is 1. The summed E-state index contributed by atoms with van der Waals surface area (Å²) >= 11 is 0. The Morgan fingerprint density at radius 1 is 1.24 bits per heavy atom. The van der Waals surface area contributed by atoms with Crippen LogP contribution < -0.4 is 16.6 Å². The summed E-state index contributed by atoms with van der Waals surface area (Å²) in [5.41, 5.74) is 1.57. The van der Waals surface area contributed by atoms with Gasteiger partial charge in [0.2, 0.25) is 5.56 Å². The number of aromatic nitrogens is 2. The van der Waals surface area contributed by atoms with Crippen LogP contribution in [0.1, 0.15) is 10.4 Å². The smallest absolute Gasteiger partial charge is 0.408 e. The Morgan fingerprint density at radius 2 is 2.05 bits per heavy atom. The number of carbonyl (C=O) groups excluding carboxylic acids is 1. The lowest BCUT2D eigenvalue weighted by Gasteiger charge is -2.04. The molecule has 2 heterocycles. The molecule has 3 aromatic rings. The van der Waals surface area contributed by atoms with Crippen molar-refractivity contribution in [2.45, 2.75) is 0 Å². The zero-order chi connectivity index (χ0) is 15.0. The molecule has 7 nitrogen and oxygen atoms in total. The molecule has 0 aliphatic heterocycles. The fraction of sp³-hybridized carbons (Fsp3) is 0.0714. The second kappa shape index (κ2) is 4.78. The summed E-state index contributed by atoms with van der Waals surface area (Å²) in [7, 11) is 1.60. The predicted octanol–water partition coefficient (Wildman–Crippen LogP) is 1.07. The maximum absolute atomic E-state index is 12.0. The fourth-order valence-corrected chi connectivity index (χ4v) is 1.97. The molecular weight excluding hydrogens is 274 g/mol. The lowest BCUT2D eigenvalue weighted by atomic mass is 10.2. The van der Waals surface area contributed by atoms with E-state index in [4.69, 9.17) is 4.42 Å². The van der Waals surface area contributed by atoms with Crippen molar-refractivity contribution < 1.29 is 9.21 Å². The third-order valence-corrected chi connectivity index (χ3v) is 3.10. The first-order chi connectivity index (χ1) is 10.0. The van der Waals surface area contributed by atoms with Crippen molar-refractivity contribution >= 4 is 22.7 Å². The number of hydrogen-bond donors (Lipinski definition) is 2. The number of carbonyl (C=O) groups is 1. The Bertz CT molecular complexity index is 928. The van der Waals surface area contributed by atoms with Crippen molar-refractivity contribution in [2.24, 2.45) is 7.05 Å². The number of anilines is 1. The van der Waals surface area contributed by atoms with E-state index in [1.165, 1.54) is 22.9 Å².